The Bertz CT molecular complexity index is 6000. The highest BCUT2D eigenvalue weighted by Crippen LogP contribution is 2.40. The summed E-state index contributed by atoms with van der Waals surface area (Å²) in [5.74, 6) is -11.8. The predicted octanol–water partition coefficient (Wildman–Crippen LogP) is 11.0. The number of nitrogens with two attached hydrogens (primary N) is 3. The molecule has 0 saturated heterocycles. The molecule has 2 unspecified atom stereocenters. The molecule has 3 aliphatic carbocycles. The minimum atomic E-state index is -1.37. The molecule has 0 aromatic carbocycles. The molecular formula is C86H94F6N24O18S3. The summed E-state index contributed by atoms with van der Waals surface area (Å²) in [7, 11) is 2.33. The van der Waals surface area contributed by atoms with Gasteiger partial charge in [-0.2, -0.15) is 43.8 Å². The van der Waals surface area contributed by atoms with E-state index in [9.17, 15) is 69.5 Å². The Morgan fingerprint density at radius 2 is 0.679 bits per heavy atom. The fourth-order valence-electron chi connectivity index (χ4n) is 14.8. The first-order valence-corrected chi connectivity index (χ1v) is 45.6. The molecule has 10 N–H and O–H groups in total. The van der Waals surface area contributed by atoms with Crippen LogP contribution in [0.5, 0.6) is 0 Å². The lowest BCUT2D eigenvalue weighted by Gasteiger charge is -2.28. The second-order valence-electron chi connectivity index (χ2n) is 31.2. The summed E-state index contributed by atoms with van der Waals surface area (Å²) in [6.45, 7) is 6.98. The Labute approximate surface area is 787 Å². The topological polar surface area (TPSA) is 546 Å². The van der Waals surface area contributed by atoms with Crippen LogP contribution >= 0.6 is 34.0 Å². The van der Waals surface area contributed by atoms with Crippen LogP contribution in [-0.4, -0.2) is 218 Å². The van der Waals surface area contributed by atoms with Crippen LogP contribution < -0.4 is 33.2 Å². The van der Waals surface area contributed by atoms with E-state index in [1.807, 2.05) is 20.8 Å². The molecule has 15 rings (SSSR count). The average molecular weight is 1960 g/mol. The Kier molecular flexibility index (Phi) is 34.6. The number of aromatic nitrogens is 18. The molecule has 3 aliphatic rings. The molecule has 0 aliphatic heterocycles. The van der Waals surface area contributed by atoms with E-state index in [-0.39, 0.29) is 138 Å². The summed E-state index contributed by atoms with van der Waals surface area (Å²) in [4.78, 5) is 133. The van der Waals surface area contributed by atoms with E-state index >= 15 is 0 Å². The number of carbonyl (C=O) groups is 9. The van der Waals surface area contributed by atoms with Crippen molar-refractivity contribution < 1.29 is 112 Å². The average Bonchev–Trinajstić information content (AvgIpc) is 1.65. The third-order valence-corrected chi connectivity index (χ3v) is 24.4. The van der Waals surface area contributed by atoms with Gasteiger partial charge in [0.25, 0.3) is 17.7 Å². The maximum Gasteiger partial charge on any atom is 0.323 e. The van der Waals surface area contributed by atoms with Crippen LogP contribution in [0.3, 0.4) is 0 Å². The number of carbonyl (C=O) groups excluding carboxylic acids is 8. The quantitative estimate of drug-likeness (QED) is 0.00830. The number of ether oxygens (including phenoxy) is 8. The van der Waals surface area contributed by atoms with Crippen molar-refractivity contribution in [1.82, 2.24) is 88.6 Å². The summed E-state index contributed by atoms with van der Waals surface area (Å²) in [5.41, 5.74) is 17.8. The summed E-state index contributed by atoms with van der Waals surface area (Å²) in [5, 5.41) is 48.9. The molecule has 3 saturated carbocycles. The number of aliphatic carboxylic acids is 1. The molecule has 0 radical (unpaired) electrons. The van der Waals surface area contributed by atoms with E-state index in [2.05, 4.69) is 85.9 Å². The van der Waals surface area contributed by atoms with Gasteiger partial charge >= 0.3 is 35.8 Å². The number of hydrogen-bond acceptors (Lipinski definition) is 35. The molecule has 3 amide bonds. The van der Waals surface area contributed by atoms with Gasteiger partial charge in [-0.15, -0.1) is 34.0 Å². The largest absolute Gasteiger partial charge is 0.480 e. The van der Waals surface area contributed by atoms with Crippen LogP contribution in [0, 0.1) is 35.3 Å². The molecule has 3 fully saturated rings. The molecule has 137 heavy (non-hydrogen) atoms. The fourth-order valence-corrected chi connectivity index (χ4v) is 17.2. The summed E-state index contributed by atoms with van der Waals surface area (Å²) < 4.78 is 137. The SMILES string of the molecule is CCOC1CCC(n2cc(NC(=O)c3csc(-c4cnn(COC(=O)CC(N)C(=O)O)c4)n3)c(-c3nc(F)ccc3F)n2)CC1.CCOC1CCC(n2cc(NC(=O)c3csc(-c4cnn(COC(=O)CC(N)C(=O)OC)c4)n3)c(-c3nc(F)ccc3F)n2)CC1.CCOC1CCC(n2cc(NC(=O)c3csc(-c4cnn(COC(=O)C[C@H](N)C(=O)OC)c4)n3)c(-c3nc(F)ccc3F)n2)CC1. The first-order valence-electron chi connectivity index (χ1n) is 43.0. The Morgan fingerprint density at radius 3 is 0.942 bits per heavy atom. The van der Waals surface area contributed by atoms with Crippen molar-refractivity contribution >= 4 is 105 Å². The van der Waals surface area contributed by atoms with Gasteiger partial charge in [0.2, 0.25) is 17.8 Å². The van der Waals surface area contributed by atoms with Gasteiger partial charge < -0.3 is 76.2 Å². The molecule has 51 heteroatoms. The number of hydrogen-bond donors (Lipinski definition) is 7. The van der Waals surface area contributed by atoms with E-state index in [1.54, 1.807) is 45.0 Å². The molecule has 0 bridgehead atoms. The summed E-state index contributed by atoms with van der Waals surface area (Å²) >= 11 is 3.51. The fraction of sp³-hybridized carbons (Fsp3) is 0.407. The monoisotopic (exact) mass is 1960 g/mol. The standard InChI is InChI=1S/2C29H32F2N8O6S.C28H30F2N8O6S/c2*1-3-44-18-6-4-17(5-7-18)39-13-21(26(37-39)25-19(30)8-9-23(31)36-25)34-27(41)22-14-46-28(35-22)16-11-33-38(12-16)15-45-24(40)10-20(32)29(42)43-2;1-2-43-17-5-3-16(4-6-17)38-12-20(25(36-38)24-18(29)7-8-22(30)35-24)33-26(40)21-13-45-27(34-21)15-10-32-37(11-15)14-44-23(39)9-19(31)28(41)42/h2*8-9,11-14,17-18,20H,3-7,10,15,32H2,1-2H3,(H,34,41);7-8,10-13,16-17,19H,2-6,9,14,31H2,1H3,(H,33,40)(H,41,42)/t17?,18?,20-;;/m0../s1. The van der Waals surface area contributed by atoms with Crippen LogP contribution in [0.2, 0.25) is 0 Å². The predicted molar refractivity (Wildman–Crippen MR) is 476 cm³/mol. The van der Waals surface area contributed by atoms with Crippen molar-refractivity contribution in [3.63, 3.8) is 0 Å². The van der Waals surface area contributed by atoms with Gasteiger partial charge in [-0.25, -0.2) is 57.1 Å². The highest BCUT2D eigenvalue weighted by molar-refractivity contribution is 7.14. The van der Waals surface area contributed by atoms with Crippen LogP contribution in [0.15, 0.2) is 108 Å². The van der Waals surface area contributed by atoms with Crippen LogP contribution in [0.25, 0.3) is 65.9 Å². The molecular weight excluding hydrogens is 1870 g/mol. The number of esters is 5. The maximum atomic E-state index is 14.8. The van der Waals surface area contributed by atoms with Crippen molar-refractivity contribution in [2.45, 2.75) is 192 Å². The number of nitrogens with zero attached hydrogens (tertiary/aromatic N) is 18. The number of carboxylic acid groups (broad SMARTS) is 1. The minimum absolute atomic E-state index is 0.00361. The first-order chi connectivity index (χ1) is 65.9. The molecule has 726 valence electrons. The lowest BCUT2D eigenvalue weighted by Crippen LogP contribution is -2.34. The molecule has 12 aromatic heterocycles. The van der Waals surface area contributed by atoms with Crippen LogP contribution in [0.1, 0.15) is 167 Å². The second-order valence-corrected chi connectivity index (χ2v) is 33.8. The van der Waals surface area contributed by atoms with Gasteiger partial charge in [0.15, 0.2) is 37.6 Å². The van der Waals surface area contributed by atoms with Crippen molar-refractivity contribution in [2.75, 3.05) is 50.0 Å². The number of thiazole rings is 3. The molecule has 12 aromatic rings. The Hall–Kier alpha value is -13.8. The van der Waals surface area contributed by atoms with Crippen molar-refractivity contribution in [3.05, 3.63) is 161 Å². The van der Waals surface area contributed by atoms with Gasteiger partial charge in [-0.1, -0.05) is 0 Å². The number of amides is 3. The normalized spacial score (nSPS) is 17.0. The maximum absolute atomic E-state index is 14.8. The molecule has 12 heterocycles. The third kappa shape index (κ3) is 26.7. The second kappa shape index (κ2) is 47.1. The number of pyridine rings is 3. The molecule has 0 spiro atoms. The number of rotatable bonds is 36. The van der Waals surface area contributed by atoms with Gasteiger partial charge in [0.1, 0.15) is 84.4 Å². The van der Waals surface area contributed by atoms with E-state index < -0.39 is 113 Å². The molecule has 42 nitrogen and oxygen atoms in total. The van der Waals surface area contributed by atoms with Crippen molar-refractivity contribution in [2.24, 2.45) is 17.2 Å². The van der Waals surface area contributed by atoms with Crippen LogP contribution in [-0.2, 0) is 86.9 Å². The minimum Gasteiger partial charge on any atom is -0.480 e. The summed E-state index contributed by atoms with van der Waals surface area (Å²) in [6, 6.07) is 1.87. The smallest absolute Gasteiger partial charge is 0.323 e. The Balaban J connectivity index is 0.000000174. The van der Waals surface area contributed by atoms with Crippen molar-refractivity contribution in [3.8, 4) is 65.9 Å². The van der Waals surface area contributed by atoms with E-state index in [4.69, 9.17) is 50.7 Å². The number of nitrogens with one attached hydrogen (secondary N) is 3. The van der Waals surface area contributed by atoms with Gasteiger partial charge in [0.05, 0.1) is 106 Å². The first kappa shape index (κ1) is 101. The zero-order valence-electron chi connectivity index (χ0n) is 74.1. The van der Waals surface area contributed by atoms with Gasteiger partial charge in [-0.3, -0.25) is 57.2 Å². The van der Waals surface area contributed by atoms with E-state index in [0.717, 1.165) is 125 Å². The lowest BCUT2D eigenvalue weighted by atomic mass is 9.93. The van der Waals surface area contributed by atoms with Crippen LogP contribution in [0.4, 0.5) is 43.4 Å². The number of carboxylic acids is 1. The highest BCUT2D eigenvalue weighted by Gasteiger charge is 2.34. The third-order valence-electron chi connectivity index (χ3n) is 21.7. The van der Waals surface area contributed by atoms with Crippen molar-refractivity contribution in [1.29, 1.82) is 0 Å². The number of halogens is 6. The van der Waals surface area contributed by atoms with E-state index in [1.165, 1.54) is 91.9 Å². The number of methoxy groups -OCH3 is 2. The molecule has 3 atom stereocenters. The van der Waals surface area contributed by atoms with Gasteiger partial charge in [0, 0.05) is 89.8 Å². The Morgan fingerprint density at radius 1 is 0.401 bits per heavy atom. The highest BCUT2D eigenvalue weighted by atomic mass is 32.1. The zero-order chi connectivity index (χ0) is 97.7. The number of anilines is 3. The lowest BCUT2D eigenvalue weighted by molar-refractivity contribution is -0.153. The van der Waals surface area contributed by atoms with Gasteiger partial charge in [-0.05, 0) is 134 Å². The van der Waals surface area contributed by atoms with E-state index in [0.29, 0.717) is 51.5 Å². The zero-order valence-corrected chi connectivity index (χ0v) is 76.5. The summed E-state index contributed by atoms with van der Waals surface area (Å²) in [6.07, 6.45) is 22.7.